The molecule has 1 aliphatic heterocycles. The molecule has 1 aliphatic rings. The van der Waals surface area contributed by atoms with Gasteiger partial charge < -0.3 is 15.0 Å². The zero-order valence-electron chi connectivity index (χ0n) is 23.0. The third-order valence-electron chi connectivity index (χ3n) is 7.02. The first-order valence-corrected chi connectivity index (χ1v) is 13.2. The summed E-state index contributed by atoms with van der Waals surface area (Å²) < 4.78 is 6.48. The third-order valence-corrected chi connectivity index (χ3v) is 7.02. The molecule has 8 heteroatoms. The molecule has 8 nitrogen and oxygen atoms in total. The second kappa shape index (κ2) is 10.8. The molecule has 1 aromatic heterocycles. The molecular weight excluding hydrogens is 504 g/mol. The minimum atomic E-state index is -1.06. The monoisotopic (exact) mass is 536 g/mol. The standard InChI is InChI=1S/C32H32N4O4/c1-32(2,3)27-18-26-31(39)35(20-22-14-16-23(40-4)17-15-22)28(29(37)33-19-21-10-6-5-7-11-21)24-12-8-9-13-25(24)30(38)36(26)34-27/h5-18,28H,19-20H2,1-4H3,(H,33,37). The van der Waals surface area contributed by atoms with Crippen molar-refractivity contribution in [2.75, 3.05) is 7.11 Å². The zero-order valence-corrected chi connectivity index (χ0v) is 23.0. The number of ether oxygens (including phenoxy) is 1. The van der Waals surface area contributed by atoms with Gasteiger partial charge >= 0.3 is 0 Å². The van der Waals surface area contributed by atoms with Crippen molar-refractivity contribution in [2.24, 2.45) is 0 Å². The van der Waals surface area contributed by atoms with E-state index in [0.717, 1.165) is 11.1 Å². The molecule has 2 amide bonds. The summed E-state index contributed by atoms with van der Waals surface area (Å²) in [7, 11) is 1.59. The van der Waals surface area contributed by atoms with Crippen LogP contribution < -0.4 is 10.1 Å². The van der Waals surface area contributed by atoms with Gasteiger partial charge in [0.25, 0.3) is 11.8 Å². The van der Waals surface area contributed by atoms with Crippen LogP contribution in [0, 0.1) is 0 Å². The summed E-state index contributed by atoms with van der Waals surface area (Å²) in [6.45, 7) is 6.33. The lowest BCUT2D eigenvalue weighted by Crippen LogP contribution is -2.46. The van der Waals surface area contributed by atoms with E-state index >= 15 is 0 Å². The summed E-state index contributed by atoms with van der Waals surface area (Å²) in [5, 5.41) is 7.56. The van der Waals surface area contributed by atoms with Gasteiger partial charge in [-0.05, 0) is 41.0 Å². The Morgan fingerprint density at radius 1 is 0.900 bits per heavy atom. The average Bonchev–Trinajstić information content (AvgIpc) is 3.42. The SMILES string of the molecule is COc1ccc(CN2C(=O)c3cc(C(C)(C)C)nn3C(=O)c3ccccc3C2C(=O)NCc2ccccc2)cc1. The lowest BCUT2D eigenvalue weighted by molar-refractivity contribution is -0.126. The van der Waals surface area contributed by atoms with E-state index in [1.54, 1.807) is 37.4 Å². The van der Waals surface area contributed by atoms with Crippen molar-refractivity contribution < 1.29 is 19.1 Å². The molecule has 5 rings (SSSR count). The van der Waals surface area contributed by atoms with Crippen LogP contribution in [0.4, 0.5) is 0 Å². The number of aromatic nitrogens is 2. The molecule has 1 N–H and O–H groups in total. The quantitative estimate of drug-likeness (QED) is 0.379. The summed E-state index contributed by atoms with van der Waals surface area (Å²) >= 11 is 0. The average molecular weight is 537 g/mol. The smallest absolute Gasteiger partial charge is 0.279 e. The molecule has 0 saturated heterocycles. The molecule has 1 unspecified atom stereocenters. The number of nitrogens with zero attached hydrogens (tertiary/aromatic N) is 3. The van der Waals surface area contributed by atoms with E-state index in [1.807, 2.05) is 75.4 Å². The van der Waals surface area contributed by atoms with E-state index in [0.29, 0.717) is 22.6 Å². The molecular formula is C32H32N4O4. The fourth-order valence-electron chi connectivity index (χ4n) is 4.79. The molecule has 204 valence electrons. The number of methoxy groups -OCH3 is 1. The first kappa shape index (κ1) is 26.9. The highest BCUT2D eigenvalue weighted by Gasteiger charge is 2.40. The summed E-state index contributed by atoms with van der Waals surface area (Å²) in [5.74, 6) is -0.598. The van der Waals surface area contributed by atoms with Crippen molar-refractivity contribution >= 4 is 17.7 Å². The lowest BCUT2D eigenvalue weighted by atomic mass is 9.92. The molecule has 0 spiro atoms. The molecule has 1 atom stereocenters. The Morgan fingerprint density at radius 2 is 1.57 bits per heavy atom. The molecule has 0 bridgehead atoms. The van der Waals surface area contributed by atoms with E-state index in [-0.39, 0.29) is 24.7 Å². The first-order chi connectivity index (χ1) is 19.2. The molecule has 3 aromatic carbocycles. The van der Waals surface area contributed by atoms with Crippen LogP contribution in [0.2, 0.25) is 0 Å². The van der Waals surface area contributed by atoms with Crippen molar-refractivity contribution in [1.29, 1.82) is 0 Å². The van der Waals surface area contributed by atoms with Gasteiger partial charge in [-0.2, -0.15) is 9.78 Å². The number of hydrogen-bond acceptors (Lipinski definition) is 5. The number of amides is 2. The lowest BCUT2D eigenvalue weighted by Gasteiger charge is -2.34. The van der Waals surface area contributed by atoms with E-state index in [9.17, 15) is 14.4 Å². The highest BCUT2D eigenvalue weighted by molar-refractivity contribution is 6.07. The van der Waals surface area contributed by atoms with Crippen LogP contribution in [0.1, 0.15) is 70.0 Å². The van der Waals surface area contributed by atoms with Gasteiger partial charge in [-0.25, -0.2) is 0 Å². The Morgan fingerprint density at radius 3 is 2.25 bits per heavy atom. The van der Waals surface area contributed by atoms with Crippen LogP contribution in [0.25, 0.3) is 0 Å². The Kier molecular flexibility index (Phi) is 7.26. The number of fused-ring (bicyclic) bond motifs is 2. The normalized spacial score (nSPS) is 15.1. The van der Waals surface area contributed by atoms with Gasteiger partial charge in [0.2, 0.25) is 5.91 Å². The van der Waals surface area contributed by atoms with E-state index in [4.69, 9.17) is 4.74 Å². The van der Waals surface area contributed by atoms with Crippen molar-refractivity contribution in [3.63, 3.8) is 0 Å². The second-order valence-electron chi connectivity index (χ2n) is 10.9. The highest BCUT2D eigenvalue weighted by atomic mass is 16.5. The van der Waals surface area contributed by atoms with Crippen LogP contribution in [0.15, 0.2) is 84.9 Å². The second-order valence-corrected chi connectivity index (χ2v) is 10.9. The zero-order chi connectivity index (χ0) is 28.4. The Balaban J connectivity index is 1.64. The molecule has 4 aromatic rings. The summed E-state index contributed by atoms with van der Waals surface area (Å²) in [6.07, 6.45) is 0. The molecule has 0 fully saturated rings. The van der Waals surface area contributed by atoms with Crippen molar-refractivity contribution in [2.45, 2.75) is 45.3 Å². The van der Waals surface area contributed by atoms with Gasteiger partial charge in [0.15, 0.2) is 0 Å². The number of rotatable bonds is 6. The maximum Gasteiger partial charge on any atom is 0.279 e. The maximum atomic E-state index is 14.3. The van der Waals surface area contributed by atoms with Crippen molar-refractivity contribution in [1.82, 2.24) is 20.0 Å². The predicted octanol–water partition coefficient (Wildman–Crippen LogP) is 4.89. The van der Waals surface area contributed by atoms with Crippen molar-refractivity contribution in [3.8, 4) is 5.75 Å². The predicted molar refractivity (Wildman–Crippen MR) is 151 cm³/mol. The fraction of sp³-hybridized carbons (Fsp3) is 0.250. The topological polar surface area (TPSA) is 93.5 Å². The summed E-state index contributed by atoms with van der Waals surface area (Å²) in [5.41, 5.74) is 2.82. The van der Waals surface area contributed by atoms with Gasteiger partial charge in [-0.15, -0.1) is 0 Å². The summed E-state index contributed by atoms with van der Waals surface area (Å²) in [6, 6.07) is 24.4. The largest absolute Gasteiger partial charge is 0.497 e. The van der Waals surface area contributed by atoms with Crippen LogP contribution in [0.3, 0.4) is 0 Å². The first-order valence-electron chi connectivity index (χ1n) is 13.2. The Labute approximate surface area is 233 Å². The Bertz CT molecular complexity index is 1550. The molecule has 40 heavy (non-hydrogen) atoms. The number of nitrogens with one attached hydrogen (secondary N) is 1. The number of carbonyl (C=O) groups excluding carboxylic acids is 3. The van der Waals surface area contributed by atoms with Gasteiger partial charge in [0.1, 0.15) is 17.5 Å². The van der Waals surface area contributed by atoms with Gasteiger partial charge in [-0.1, -0.05) is 81.4 Å². The number of hydrogen-bond donors (Lipinski definition) is 1. The molecule has 0 aliphatic carbocycles. The van der Waals surface area contributed by atoms with Crippen LogP contribution in [0.5, 0.6) is 5.75 Å². The molecule has 2 heterocycles. The minimum Gasteiger partial charge on any atom is -0.497 e. The third kappa shape index (κ3) is 5.25. The van der Waals surface area contributed by atoms with E-state index < -0.39 is 23.3 Å². The van der Waals surface area contributed by atoms with Gasteiger partial charge in [0.05, 0.1) is 12.8 Å². The van der Waals surface area contributed by atoms with Crippen LogP contribution >= 0.6 is 0 Å². The molecule has 0 radical (unpaired) electrons. The molecule has 0 saturated carbocycles. The van der Waals surface area contributed by atoms with E-state index in [1.165, 1.54) is 9.58 Å². The Hall–Kier alpha value is -4.72. The van der Waals surface area contributed by atoms with Gasteiger partial charge in [0, 0.05) is 24.1 Å². The summed E-state index contributed by atoms with van der Waals surface area (Å²) in [4.78, 5) is 43.6. The van der Waals surface area contributed by atoms with E-state index in [2.05, 4.69) is 10.4 Å². The van der Waals surface area contributed by atoms with Crippen molar-refractivity contribution in [3.05, 3.63) is 119 Å². The van der Waals surface area contributed by atoms with Gasteiger partial charge in [-0.3, -0.25) is 14.4 Å². The fourth-order valence-corrected chi connectivity index (χ4v) is 4.79. The maximum absolute atomic E-state index is 14.3. The highest BCUT2D eigenvalue weighted by Crippen LogP contribution is 2.33. The van der Waals surface area contributed by atoms with Crippen LogP contribution in [-0.4, -0.2) is 39.5 Å². The number of carbonyl (C=O) groups is 3. The minimum absolute atomic E-state index is 0.124. The van der Waals surface area contributed by atoms with Crippen LogP contribution in [-0.2, 0) is 23.3 Å². The number of benzene rings is 3.